The van der Waals surface area contributed by atoms with Crippen LogP contribution in [0.1, 0.15) is 22.0 Å². The second-order valence-electron chi connectivity index (χ2n) is 6.26. The number of thiophene rings is 1. The first-order valence-electron chi connectivity index (χ1n) is 8.53. The number of hydrogen-bond acceptors (Lipinski definition) is 5. The van der Waals surface area contributed by atoms with E-state index in [0.29, 0.717) is 5.56 Å². The van der Waals surface area contributed by atoms with Crippen LogP contribution in [0.15, 0.2) is 71.9 Å². The van der Waals surface area contributed by atoms with Gasteiger partial charge in [-0.05, 0) is 29.6 Å². The molecule has 0 radical (unpaired) electrons. The molecule has 0 saturated carbocycles. The van der Waals surface area contributed by atoms with Gasteiger partial charge in [0.05, 0.1) is 18.2 Å². The van der Waals surface area contributed by atoms with E-state index in [0.717, 1.165) is 4.88 Å². The SMILES string of the molecule is O=C1C(=O)N(Cc2cccs2)C(c2ccccc2F)/C1=C(/O)c1ccncc1. The molecule has 1 fully saturated rings. The Balaban J connectivity index is 1.90. The molecule has 1 saturated heterocycles. The number of aliphatic hydroxyl groups is 1. The molecular weight excluding hydrogens is 379 g/mol. The standard InChI is InChI=1S/C21H15FN2O3S/c22-16-6-2-1-5-15(16)18-17(19(25)13-7-9-23-10-8-13)20(26)21(27)24(18)12-14-4-3-11-28-14/h1-11,18,25H,12H2/b19-17-. The first kappa shape index (κ1) is 18.1. The highest BCUT2D eigenvalue weighted by Crippen LogP contribution is 2.41. The number of rotatable bonds is 4. The predicted octanol–water partition coefficient (Wildman–Crippen LogP) is 3.90. The number of amides is 1. The van der Waals surface area contributed by atoms with Crippen LogP contribution in [0.25, 0.3) is 5.76 Å². The number of carbonyl (C=O) groups is 2. The topological polar surface area (TPSA) is 70.5 Å². The number of likely N-dealkylation sites (tertiary alicyclic amines) is 1. The van der Waals surface area contributed by atoms with Gasteiger partial charge in [-0.3, -0.25) is 14.6 Å². The summed E-state index contributed by atoms with van der Waals surface area (Å²) in [5.74, 6) is -2.50. The van der Waals surface area contributed by atoms with Crippen molar-refractivity contribution in [3.8, 4) is 0 Å². The molecule has 1 unspecified atom stereocenters. The third kappa shape index (κ3) is 3.10. The summed E-state index contributed by atoms with van der Waals surface area (Å²) in [7, 11) is 0. The first-order chi connectivity index (χ1) is 13.6. The lowest BCUT2D eigenvalue weighted by Crippen LogP contribution is -2.29. The van der Waals surface area contributed by atoms with E-state index >= 15 is 0 Å². The van der Waals surface area contributed by atoms with Gasteiger partial charge in [-0.2, -0.15) is 0 Å². The largest absolute Gasteiger partial charge is 0.507 e. The minimum absolute atomic E-state index is 0.127. The summed E-state index contributed by atoms with van der Waals surface area (Å²) in [5.41, 5.74) is 0.372. The molecule has 3 heterocycles. The van der Waals surface area contributed by atoms with Crippen molar-refractivity contribution in [3.05, 3.63) is 93.7 Å². The number of nitrogens with zero attached hydrogens (tertiary/aromatic N) is 2. The van der Waals surface area contributed by atoms with Gasteiger partial charge in [0.2, 0.25) is 0 Å². The van der Waals surface area contributed by atoms with Crippen LogP contribution in [0.3, 0.4) is 0 Å². The lowest BCUT2D eigenvalue weighted by Gasteiger charge is -2.25. The van der Waals surface area contributed by atoms with Crippen molar-refractivity contribution in [1.29, 1.82) is 0 Å². The molecule has 4 rings (SSSR count). The summed E-state index contributed by atoms with van der Waals surface area (Å²) in [6, 6.07) is 11.7. The molecule has 0 spiro atoms. The zero-order valence-corrected chi connectivity index (χ0v) is 15.4. The van der Waals surface area contributed by atoms with E-state index in [1.807, 2.05) is 17.5 Å². The molecule has 1 N–H and O–H groups in total. The second-order valence-corrected chi connectivity index (χ2v) is 7.30. The number of pyridine rings is 1. The third-order valence-corrected chi connectivity index (χ3v) is 5.46. The minimum atomic E-state index is -1.02. The Morgan fingerprint density at radius 1 is 1.11 bits per heavy atom. The average Bonchev–Trinajstić information content (AvgIpc) is 3.31. The normalized spacial score (nSPS) is 18.6. The van der Waals surface area contributed by atoms with Gasteiger partial charge in [-0.1, -0.05) is 24.3 Å². The van der Waals surface area contributed by atoms with E-state index in [9.17, 15) is 19.1 Å². The van der Waals surface area contributed by atoms with Gasteiger partial charge in [-0.15, -0.1) is 11.3 Å². The number of carbonyl (C=O) groups excluding carboxylic acids is 2. The van der Waals surface area contributed by atoms with E-state index in [-0.39, 0.29) is 23.4 Å². The maximum absolute atomic E-state index is 14.6. The van der Waals surface area contributed by atoms with Gasteiger partial charge >= 0.3 is 0 Å². The molecule has 1 aromatic carbocycles. The molecule has 1 atom stereocenters. The number of aromatic nitrogens is 1. The number of ketones is 1. The highest BCUT2D eigenvalue weighted by atomic mass is 32.1. The highest BCUT2D eigenvalue weighted by molar-refractivity contribution is 7.09. The maximum Gasteiger partial charge on any atom is 0.295 e. The first-order valence-corrected chi connectivity index (χ1v) is 9.41. The Morgan fingerprint density at radius 3 is 2.54 bits per heavy atom. The highest BCUT2D eigenvalue weighted by Gasteiger charge is 2.47. The van der Waals surface area contributed by atoms with Crippen LogP contribution in [0.2, 0.25) is 0 Å². The summed E-state index contributed by atoms with van der Waals surface area (Å²) < 4.78 is 14.6. The maximum atomic E-state index is 14.6. The molecule has 1 aliphatic rings. The molecule has 2 aromatic heterocycles. The van der Waals surface area contributed by atoms with Crippen molar-refractivity contribution in [3.63, 3.8) is 0 Å². The van der Waals surface area contributed by atoms with E-state index in [1.54, 1.807) is 6.07 Å². The fourth-order valence-corrected chi connectivity index (χ4v) is 4.00. The van der Waals surface area contributed by atoms with Crippen LogP contribution >= 0.6 is 11.3 Å². The molecule has 28 heavy (non-hydrogen) atoms. The monoisotopic (exact) mass is 394 g/mol. The van der Waals surface area contributed by atoms with Crippen LogP contribution < -0.4 is 0 Å². The Hall–Kier alpha value is -3.32. The molecular formula is C21H15FN2O3S. The molecule has 140 valence electrons. The number of aliphatic hydroxyl groups excluding tert-OH is 1. The van der Waals surface area contributed by atoms with E-state index < -0.39 is 23.5 Å². The minimum Gasteiger partial charge on any atom is -0.507 e. The predicted molar refractivity (Wildman–Crippen MR) is 103 cm³/mol. The molecule has 1 amide bonds. The summed E-state index contributed by atoms with van der Waals surface area (Å²) in [4.78, 5) is 31.6. The lowest BCUT2D eigenvalue weighted by atomic mass is 9.95. The van der Waals surface area contributed by atoms with Crippen molar-refractivity contribution in [1.82, 2.24) is 9.88 Å². The molecule has 7 heteroatoms. The Labute approximate surface area is 164 Å². The fraction of sp³-hybridized carbons (Fsp3) is 0.0952. The lowest BCUT2D eigenvalue weighted by molar-refractivity contribution is -0.140. The Morgan fingerprint density at radius 2 is 1.86 bits per heavy atom. The quantitative estimate of drug-likeness (QED) is 0.414. The third-order valence-electron chi connectivity index (χ3n) is 4.60. The van der Waals surface area contributed by atoms with Gasteiger partial charge in [0, 0.05) is 28.4 Å². The summed E-state index contributed by atoms with van der Waals surface area (Å²) in [6.07, 6.45) is 2.93. The Kier molecular flexibility index (Phi) is 4.75. The van der Waals surface area contributed by atoms with Crippen LogP contribution in [-0.2, 0) is 16.1 Å². The van der Waals surface area contributed by atoms with Gasteiger partial charge in [0.15, 0.2) is 0 Å². The van der Waals surface area contributed by atoms with Crippen LogP contribution in [-0.4, -0.2) is 26.7 Å². The zero-order valence-electron chi connectivity index (χ0n) is 14.6. The average molecular weight is 394 g/mol. The number of benzene rings is 1. The summed E-state index contributed by atoms with van der Waals surface area (Å²) in [6.45, 7) is 0.147. The number of halogens is 1. The van der Waals surface area contributed by atoms with Crippen LogP contribution in [0.4, 0.5) is 4.39 Å². The molecule has 1 aliphatic heterocycles. The number of Topliss-reactive ketones (excluding diaryl/α,β-unsaturated/α-hetero) is 1. The molecule has 0 aliphatic carbocycles. The number of hydrogen-bond donors (Lipinski definition) is 1. The van der Waals surface area contributed by atoms with Crippen molar-refractivity contribution < 1.29 is 19.1 Å². The van der Waals surface area contributed by atoms with E-state index in [4.69, 9.17) is 0 Å². The van der Waals surface area contributed by atoms with Crippen LogP contribution in [0, 0.1) is 5.82 Å². The zero-order chi connectivity index (χ0) is 19.7. The van der Waals surface area contributed by atoms with Gasteiger partial charge in [-0.25, -0.2) is 4.39 Å². The molecule has 0 bridgehead atoms. The summed E-state index contributed by atoms with van der Waals surface area (Å²) >= 11 is 1.43. The van der Waals surface area contributed by atoms with E-state index in [2.05, 4.69) is 4.98 Å². The molecule has 3 aromatic rings. The Bertz CT molecular complexity index is 1060. The van der Waals surface area contributed by atoms with Gasteiger partial charge in [0.1, 0.15) is 11.6 Å². The smallest absolute Gasteiger partial charge is 0.295 e. The van der Waals surface area contributed by atoms with Crippen molar-refractivity contribution in [2.45, 2.75) is 12.6 Å². The van der Waals surface area contributed by atoms with Crippen molar-refractivity contribution >= 4 is 28.8 Å². The fourth-order valence-electron chi connectivity index (χ4n) is 3.30. The summed E-state index contributed by atoms with van der Waals surface area (Å²) in [5, 5.41) is 12.7. The van der Waals surface area contributed by atoms with Crippen molar-refractivity contribution in [2.24, 2.45) is 0 Å². The molecule has 5 nitrogen and oxygen atoms in total. The van der Waals surface area contributed by atoms with E-state index in [1.165, 1.54) is 59.0 Å². The van der Waals surface area contributed by atoms with Crippen molar-refractivity contribution in [2.75, 3.05) is 0 Å². The second kappa shape index (κ2) is 7.36. The van der Waals surface area contributed by atoms with Gasteiger partial charge in [0.25, 0.3) is 11.7 Å². The van der Waals surface area contributed by atoms with Gasteiger partial charge < -0.3 is 10.0 Å². The van der Waals surface area contributed by atoms with Crippen LogP contribution in [0.5, 0.6) is 0 Å².